The molecule has 3 rings (SSSR count). The quantitative estimate of drug-likeness (QED) is 0.693. The van der Waals surface area contributed by atoms with Crippen LogP contribution in [0.4, 0.5) is 0 Å². The van der Waals surface area contributed by atoms with Gasteiger partial charge in [-0.25, -0.2) is 4.79 Å². The number of ether oxygens (including phenoxy) is 1. The molecule has 0 radical (unpaired) electrons. The lowest BCUT2D eigenvalue weighted by molar-refractivity contribution is -0.174. The van der Waals surface area contributed by atoms with Crippen LogP contribution in [-0.4, -0.2) is 23.3 Å². The van der Waals surface area contributed by atoms with Crippen molar-refractivity contribution in [2.75, 3.05) is 6.61 Å². The van der Waals surface area contributed by atoms with Crippen LogP contribution in [-0.2, 0) is 9.53 Å². The van der Waals surface area contributed by atoms with Crippen molar-refractivity contribution in [1.82, 2.24) is 0 Å². The largest absolute Gasteiger partial charge is 0.479 e. The molecule has 4 bridgehead atoms. The number of hydrogen-bond acceptors (Lipinski definition) is 2. The lowest BCUT2D eigenvalue weighted by Crippen LogP contribution is -2.49. The molecule has 3 fully saturated rings. The average molecular weight is 196 g/mol. The molecule has 1 heterocycles. The summed E-state index contributed by atoms with van der Waals surface area (Å²) in [5.74, 6) is -0.178. The van der Waals surface area contributed by atoms with Crippen molar-refractivity contribution in [1.29, 1.82) is 0 Å². The van der Waals surface area contributed by atoms with E-state index in [0.29, 0.717) is 12.5 Å². The monoisotopic (exact) mass is 196 g/mol. The Kier molecular flexibility index (Phi) is 1.25. The first kappa shape index (κ1) is 8.72. The average Bonchev–Trinajstić information content (AvgIpc) is 2.58. The van der Waals surface area contributed by atoms with Gasteiger partial charge in [-0.1, -0.05) is 13.8 Å². The van der Waals surface area contributed by atoms with E-state index < -0.39 is 11.6 Å². The molecule has 0 amide bonds. The first-order chi connectivity index (χ1) is 6.46. The highest BCUT2D eigenvalue weighted by molar-refractivity contribution is 5.81. The molecule has 14 heavy (non-hydrogen) atoms. The topological polar surface area (TPSA) is 46.5 Å². The molecule has 0 aromatic carbocycles. The summed E-state index contributed by atoms with van der Waals surface area (Å²) in [6.45, 7) is 4.96. The SMILES string of the molecule is C[C@]12CC[C@@H]3C[C@@]1(C(=O)O)OC[C@@]32C. The van der Waals surface area contributed by atoms with Gasteiger partial charge >= 0.3 is 5.97 Å². The third-order valence-electron chi connectivity index (χ3n) is 5.54. The van der Waals surface area contributed by atoms with E-state index in [9.17, 15) is 9.90 Å². The highest BCUT2D eigenvalue weighted by atomic mass is 16.5. The van der Waals surface area contributed by atoms with E-state index in [1.807, 2.05) is 0 Å². The number of carboxylic acid groups (broad SMARTS) is 1. The van der Waals surface area contributed by atoms with Gasteiger partial charge in [-0.2, -0.15) is 0 Å². The molecule has 2 aliphatic carbocycles. The fourth-order valence-corrected chi connectivity index (χ4v) is 4.23. The standard InChI is InChI=1S/C11H16O3/c1-9-6-14-11(8(12)13)5-7(9)3-4-10(9,11)2/h7H,3-6H2,1-2H3,(H,12,13)/t7-,9+,10-,11+/m1/s1. The van der Waals surface area contributed by atoms with Gasteiger partial charge in [0.1, 0.15) is 0 Å². The molecular weight excluding hydrogens is 180 g/mol. The van der Waals surface area contributed by atoms with E-state index in [1.165, 1.54) is 6.42 Å². The molecule has 0 unspecified atom stereocenters. The van der Waals surface area contributed by atoms with Crippen LogP contribution < -0.4 is 0 Å². The van der Waals surface area contributed by atoms with Crippen LogP contribution >= 0.6 is 0 Å². The molecule has 0 aromatic rings. The summed E-state index contributed by atoms with van der Waals surface area (Å²) in [4.78, 5) is 11.4. The summed E-state index contributed by atoms with van der Waals surface area (Å²) in [7, 11) is 0. The molecular formula is C11H16O3. The van der Waals surface area contributed by atoms with Crippen LogP contribution in [0.2, 0.25) is 0 Å². The predicted molar refractivity (Wildman–Crippen MR) is 49.9 cm³/mol. The number of rotatable bonds is 1. The zero-order chi connectivity index (χ0) is 10.2. The summed E-state index contributed by atoms with van der Waals surface area (Å²) in [6, 6.07) is 0. The minimum Gasteiger partial charge on any atom is -0.479 e. The highest BCUT2D eigenvalue weighted by Crippen LogP contribution is 2.74. The Morgan fingerprint density at radius 1 is 1.50 bits per heavy atom. The molecule has 3 nitrogen and oxygen atoms in total. The van der Waals surface area contributed by atoms with Gasteiger partial charge in [-0.15, -0.1) is 0 Å². The van der Waals surface area contributed by atoms with Crippen molar-refractivity contribution in [2.24, 2.45) is 16.7 Å². The van der Waals surface area contributed by atoms with Gasteiger partial charge in [0.25, 0.3) is 0 Å². The summed E-state index contributed by atoms with van der Waals surface area (Å²) in [6.07, 6.45) is 2.93. The van der Waals surface area contributed by atoms with Gasteiger partial charge < -0.3 is 9.84 Å². The molecule has 1 aliphatic heterocycles. The maximum absolute atomic E-state index is 11.4. The van der Waals surface area contributed by atoms with E-state index in [4.69, 9.17) is 4.74 Å². The zero-order valence-electron chi connectivity index (χ0n) is 8.67. The van der Waals surface area contributed by atoms with Crippen molar-refractivity contribution in [3.8, 4) is 0 Å². The third kappa shape index (κ3) is 0.553. The maximum Gasteiger partial charge on any atom is 0.336 e. The summed E-state index contributed by atoms with van der Waals surface area (Å²) in [5.41, 5.74) is -0.868. The van der Waals surface area contributed by atoms with Crippen LogP contribution in [0.25, 0.3) is 0 Å². The van der Waals surface area contributed by atoms with Gasteiger partial charge in [-0.3, -0.25) is 0 Å². The summed E-state index contributed by atoms with van der Waals surface area (Å²) < 4.78 is 5.64. The molecule has 0 spiro atoms. The first-order valence-electron chi connectivity index (χ1n) is 5.34. The minimum atomic E-state index is -0.856. The van der Waals surface area contributed by atoms with E-state index in [-0.39, 0.29) is 10.8 Å². The normalized spacial score (nSPS) is 59.4. The van der Waals surface area contributed by atoms with Crippen LogP contribution in [0, 0.1) is 16.7 Å². The molecule has 1 saturated heterocycles. The van der Waals surface area contributed by atoms with Gasteiger partial charge in [-0.05, 0) is 25.2 Å². The van der Waals surface area contributed by atoms with Crippen molar-refractivity contribution in [3.63, 3.8) is 0 Å². The van der Waals surface area contributed by atoms with Crippen LogP contribution in [0.15, 0.2) is 0 Å². The Bertz CT molecular complexity index is 326. The fourth-order valence-electron chi connectivity index (χ4n) is 4.23. The van der Waals surface area contributed by atoms with Crippen molar-refractivity contribution >= 4 is 5.97 Å². The second-order valence-corrected chi connectivity index (χ2v) is 5.61. The molecule has 78 valence electrons. The zero-order valence-corrected chi connectivity index (χ0v) is 8.67. The van der Waals surface area contributed by atoms with Gasteiger partial charge in [0.15, 0.2) is 5.60 Å². The van der Waals surface area contributed by atoms with Crippen molar-refractivity contribution < 1.29 is 14.6 Å². The number of hydrogen-bond donors (Lipinski definition) is 1. The molecule has 4 atom stereocenters. The van der Waals surface area contributed by atoms with E-state index in [2.05, 4.69) is 13.8 Å². The summed E-state index contributed by atoms with van der Waals surface area (Å²) >= 11 is 0. The number of aliphatic carboxylic acids is 1. The van der Waals surface area contributed by atoms with Gasteiger partial charge in [0.2, 0.25) is 0 Å². The second kappa shape index (κ2) is 2.01. The third-order valence-corrected chi connectivity index (χ3v) is 5.54. The van der Waals surface area contributed by atoms with Crippen LogP contribution in [0.3, 0.4) is 0 Å². The molecule has 2 saturated carbocycles. The molecule has 1 N–H and O–H groups in total. The molecule has 0 aromatic heterocycles. The van der Waals surface area contributed by atoms with Gasteiger partial charge in [0.05, 0.1) is 6.61 Å². The van der Waals surface area contributed by atoms with Crippen molar-refractivity contribution in [2.45, 2.75) is 38.7 Å². The summed E-state index contributed by atoms with van der Waals surface area (Å²) in [5, 5.41) is 9.37. The fraction of sp³-hybridized carbons (Fsp3) is 0.909. The number of carbonyl (C=O) groups is 1. The smallest absolute Gasteiger partial charge is 0.336 e. The Morgan fingerprint density at radius 2 is 2.21 bits per heavy atom. The Labute approximate surface area is 83.4 Å². The molecule has 3 heteroatoms. The molecule has 3 aliphatic rings. The Hall–Kier alpha value is -0.570. The second-order valence-electron chi connectivity index (χ2n) is 5.61. The highest BCUT2D eigenvalue weighted by Gasteiger charge is 2.78. The Morgan fingerprint density at radius 3 is 2.64 bits per heavy atom. The predicted octanol–water partition coefficient (Wildman–Crippen LogP) is 1.67. The first-order valence-corrected chi connectivity index (χ1v) is 5.34. The lowest BCUT2D eigenvalue weighted by atomic mass is 9.66. The minimum absolute atomic E-state index is 0.116. The van der Waals surface area contributed by atoms with E-state index in [1.54, 1.807) is 0 Å². The van der Waals surface area contributed by atoms with E-state index >= 15 is 0 Å². The van der Waals surface area contributed by atoms with Gasteiger partial charge in [0, 0.05) is 10.8 Å². The maximum atomic E-state index is 11.4. The Balaban J connectivity index is 2.18. The van der Waals surface area contributed by atoms with Crippen LogP contribution in [0.5, 0.6) is 0 Å². The number of carboxylic acids is 1. The van der Waals surface area contributed by atoms with Crippen molar-refractivity contribution in [3.05, 3.63) is 0 Å². The van der Waals surface area contributed by atoms with E-state index in [0.717, 1.165) is 12.8 Å². The van der Waals surface area contributed by atoms with Crippen LogP contribution in [0.1, 0.15) is 33.1 Å². The lowest BCUT2D eigenvalue weighted by Gasteiger charge is -2.37.